The third-order valence-electron chi connectivity index (χ3n) is 3.85. The van der Waals surface area contributed by atoms with Gasteiger partial charge in [0.25, 0.3) is 5.91 Å². The Bertz CT molecular complexity index is 787. The van der Waals surface area contributed by atoms with Crippen molar-refractivity contribution in [1.29, 1.82) is 0 Å². The topological polar surface area (TPSA) is 75.3 Å². The summed E-state index contributed by atoms with van der Waals surface area (Å²) in [7, 11) is -3.50. The van der Waals surface area contributed by atoms with Crippen molar-refractivity contribution >= 4 is 15.9 Å². The molecule has 0 saturated heterocycles. The SMILES string of the molecule is CCNS(=O)(=O)c1ccc(C(=O)NC(C)CCc2ccccc2)cc1. The van der Waals surface area contributed by atoms with Crippen LogP contribution in [0, 0.1) is 0 Å². The van der Waals surface area contributed by atoms with Gasteiger partial charge in [0.1, 0.15) is 0 Å². The first-order valence-electron chi connectivity index (χ1n) is 8.37. The number of amides is 1. The third-order valence-corrected chi connectivity index (χ3v) is 5.41. The molecule has 0 fully saturated rings. The molecule has 0 spiro atoms. The fraction of sp³-hybridized carbons (Fsp3) is 0.316. The van der Waals surface area contributed by atoms with Crippen LogP contribution < -0.4 is 10.0 Å². The molecule has 2 rings (SSSR count). The summed E-state index contributed by atoms with van der Waals surface area (Å²) < 4.78 is 26.2. The summed E-state index contributed by atoms with van der Waals surface area (Å²) in [6, 6.07) is 16.1. The van der Waals surface area contributed by atoms with E-state index in [1.165, 1.54) is 29.8 Å². The summed E-state index contributed by atoms with van der Waals surface area (Å²) in [5, 5.41) is 2.95. The van der Waals surface area contributed by atoms with Crippen LogP contribution in [0.15, 0.2) is 59.5 Å². The Morgan fingerprint density at radius 2 is 1.68 bits per heavy atom. The summed E-state index contributed by atoms with van der Waals surface area (Å²) in [6.45, 7) is 4.00. The Labute approximate surface area is 149 Å². The van der Waals surface area contributed by atoms with Crippen LogP contribution in [-0.4, -0.2) is 26.9 Å². The van der Waals surface area contributed by atoms with Crippen molar-refractivity contribution in [2.45, 2.75) is 37.6 Å². The molecule has 2 aromatic carbocycles. The molecule has 0 radical (unpaired) electrons. The van der Waals surface area contributed by atoms with Crippen molar-refractivity contribution in [2.24, 2.45) is 0 Å². The maximum absolute atomic E-state index is 12.3. The highest BCUT2D eigenvalue weighted by atomic mass is 32.2. The van der Waals surface area contributed by atoms with E-state index in [1.54, 1.807) is 6.92 Å². The maximum atomic E-state index is 12.3. The molecule has 2 aromatic rings. The highest BCUT2D eigenvalue weighted by Gasteiger charge is 2.14. The van der Waals surface area contributed by atoms with Gasteiger partial charge in [0.2, 0.25) is 10.0 Å². The quantitative estimate of drug-likeness (QED) is 0.760. The molecule has 0 aliphatic rings. The van der Waals surface area contributed by atoms with Gasteiger partial charge in [-0.05, 0) is 49.6 Å². The number of hydrogen-bond donors (Lipinski definition) is 2. The summed E-state index contributed by atoms with van der Waals surface area (Å²) >= 11 is 0. The zero-order valence-electron chi connectivity index (χ0n) is 14.5. The average Bonchev–Trinajstić information content (AvgIpc) is 2.61. The molecule has 1 unspecified atom stereocenters. The molecule has 0 aliphatic heterocycles. The highest BCUT2D eigenvalue weighted by Crippen LogP contribution is 2.11. The predicted molar refractivity (Wildman–Crippen MR) is 99.0 cm³/mol. The highest BCUT2D eigenvalue weighted by molar-refractivity contribution is 7.89. The fourth-order valence-corrected chi connectivity index (χ4v) is 3.51. The lowest BCUT2D eigenvalue weighted by Gasteiger charge is -2.14. The van der Waals surface area contributed by atoms with Crippen molar-refractivity contribution in [1.82, 2.24) is 10.0 Å². The zero-order valence-corrected chi connectivity index (χ0v) is 15.3. The van der Waals surface area contributed by atoms with E-state index in [0.29, 0.717) is 12.1 Å². The first kappa shape index (κ1) is 19.1. The molecule has 6 heteroatoms. The van der Waals surface area contributed by atoms with E-state index in [-0.39, 0.29) is 16.8 Å². The van der Waals surface area contributed by atoms with Crippen molar-refractivity contribution in [3.63, 3.8) is 0 Å². The number of aryl methyl sites for hydroxylation is 1. The van der Waals surface area contributed by atoms with Crippen molar-refractivity contribution in [3.8, 4) is 0 Å². The van der Waals surface area contributed by atoms with Crippen LogP contribution in [0.4, 0.5) is 0 Å². The van der Waals surface area contributed by atoms with Crippen molar-refractivity contribution in [2.75, 3.05) is 6.54 Å². The second kappa shape index (κ2) is 8.78. The molecule has 1 amide bonds. The molecule has 0 bridgehead atoms. The lowest BCUT2D eigenvalue weighted by atomic mass is 10.1. The van der Waals surface area contributed by atoms with E-state index < -0.39 is 10.0 Å². The molecule has 0 saturated carbocycles. The second-order valence-corrected chi connectivity index (χ2v) is 7.69. The molecular formula is C19H24N2O3S. The first-order valence-corrected chi connectivity index (χ1v) is 9.85. The number of rotatable bonds is 8. The normalized spacial score (nSPS) is 12.6. The van der Waals surface area contributed by atoms with E-state index in [4.69, 9.17) is 0 Å². The summed E-state index contributed by atoms with van der Waals surface area (Å²) in [6.07, 6.45) is 1.73. The maximum Gasteiger partial charge on any atom is 0.251 e. The molecule has 25 heavy (non-hydrogen) atoms. The molecule has 134 valence electrons. The van der Waals surface area contributed by atoms with Crippen LogP contribution in [-0.2, 0) is 16.4 Å². The van der Waals surface area contributed by atoms with Crippen LogP contribution in [0.2, 0.25) is 0 Å². The molecule has 0 heterocycles. The third kappa shape index (κ3) is 5.69. The molecule has 0 aliphatic carbocycles. The van der Waals surface area contributed by atoms with Crippen LogP contribution in [0.3, 0.4) is 0 Å². The lowest BCUT2D eigenvalue weighted by Crippen LogP contribution is -2.33. The van der Waals surface area contributed by atoms with Crippen molar-refractivity contribution in [3.05, 3.63) is 65.7 Å². The van der Waals surface area contributed by atoms with Gasteiger partial charge in [-0.25, -0.2) is 13.1 Å². The molecule has 0 aromatic heterocycles. The lowest BCUT2D eigenvalue weighted by molar-refractivity contribution is 0.0938. The van der Waals surface area contributed by atoms with Crippen molar-refractivity contribution < 1.29 is 13.2 Å². The fourth-order valence-electron chi connectivity index (χ4n) is 2.47. The van der Waals surface area contributed by atoms with E-state index in [1.807, 2.05) is 25.1 Å². The Hall–Kier alpha value is -2.18. The van der Waals surface area contributed by atoms with Crippen LogP contribution in [0.25, 0.3) is 0 Å². The summed E-state index contributed by atoms with van der Waals surface area (Å²) in [5.74, 6) is -0.201. The number of sulfonamides is 1. The molecule has 5 nitrogen and oxygen atoms in total. The standard InChI is InChI=1S/C19H24N2O3S/c1-3-20-25(23,24)18-13-11-17(12-14-18)19(22)21-15(2)9-10-16-7-5-4-6-8-16/h4-8,11-15,20H,3,9-10H2,1-2H3,(H,21,22). The first-order chi connectivity index (χ1) is 11.9. The van der Waals surface area contributed by atoms with E-state index in [9.17, 15) is 13.2 Å². The smallest absolute Gasteiger partial charge is 0.251 e. The Kier molecular flexibility index (Phi) is 6.73. The summed E-state index contributed by atoms with van der Waals surface area (Å²) in [5.41, 5.74) is 1.68. The van der Waals surface area contributed by atoms with Crippen LogP contribution >= 0.6 is 0 Å². The van der Waals surface area contributed by atoms with E-state index >= 15 is 0 Å². The number of carbonyl (C=O) groups is 1. The number of nitrogens with one attached hydrogen (secondary N) is 2. The number of benzene rings is 2. The van der Waals surface area contributed by atoms with Gasteiger partial charge < -0.3 is 5.32 Å². The Morgan fingerprint density at radius 3 is 2.28 bits per heavy atom. The van der Waals surface area contributed by atoms with Gasteiger partial charge in [-0.3, -0.25) is 4.79 Å². The average molecular weight is 360 g/mol. The van der Waals surface area contributed by atoms with Crippen LogP contribution in [0.1, 0.15) is 36.2 Å². The van der Waals surface area contributed by atoms with Gasteiger partial charge in [0.05, 0.1) is 4.90 Å². The van der Waals surface area contributed by atoms with Gasteiger partial charge in [0, 0.05) is 18.2 Å². The minimum atomic E-state index is -3.50. The molecular weight excluding hydrogens is 336 g/mol. The Balaban J connectivity index is 1.92. The molecule has 1 atom stereocenters. The van der Waals surface area contributed by atoms with Gasteiger partial charge >= 0.3 is 0 Å². The minimum Gasteiger partial charge on any atom is -0.350 e. The summed E-state index contributed by atoms with van der Waals surface area (Å²) in [4.78, 5) is 12.4. The largest absolute Gasteiger partial charge is 0.350 e. The van der Waals surface area contributed by atoms with Gasteiger partial charge in [0.15, 0.2) is 0 Å². The van der Waals surface area contributed by atoms with E-state index in [2.05, 4.69) is 22.2 Å². The zero-order chi connectivity index (χ0) is 18.3. The van der Waals surface area contributed by atoms with Gasteiger partial charge in [-0.1, -0.05) is 37.3 Å². The Morgan fingerprint density at radius 1 is 1.04 bits per heavy atom. The minimum absolute atomic E-state index is 0.0258. The van der Waals surface area contributed by atoms with Gasteiger partial charge in [-0.15, -0.1) is 0 Å². The second-order valence-electron chi connectivity index (χ2n) is 5.92. The van der Waals surface area contributed by atoms with E-state index in [0.717, 1.165) is 12.8 Å². The number of carbonyl (C=O) groups excluding carboxylic acids is 1. The monoisotopic (exact) mass is 360 g/mol. The molecule has 2 N–H and O–H groups in total. The van der Waals surface area contributed by atoms with Gasteiger partial charge in [-0.2, -0.15) is 0 Å². The number of hydrogen-bond acceptors (Lipinski definition) is 3. The predicted octanol–water partition coefficient (Wildman–Crippen LogP) is 2.74. The van der Waals surface area contributed by atoms with Crippen LogP contribution in [0.5, 0.6) is 0 Å².